The van der Waals surface area contributed by atoms with Gasteiger partial charge in [-0.05, 0) is 6.07 Å². The molecule has 1 aliphatic rings. The van der Waals surface area contributed by atoms with Crippen LogP contribution in [0.15, 0.2) is 12.3 Å². The number of carbonyl (C=O) groups excluding carboxylic acids is 1. The Labute approximate surface area is 131 Å². The van der Waals surface area contributed by atoms with Crippen LogP contribution in [0, 0.1) is 0 Å². The van der Waals surface area contributed by atoms with Crippen molar-refractivity contribution in [1.82, 2.24) is 30.4 Å². The van der Waals surface area contributed by atoms with Crippen LogP contribution in [0.3, 0.4) is 0 Å². The Kier molecular flexibility index (Phi) is 4.12. The molecule has 1 amide bonds. The lowest BCUT2D eigenvalue weighted by Crippen LogP contribution is -2.27. The standard InChI is InChI=1S/C13H16ClFN6O/c1-21(13(22)10-2-7(14)4-16-10)6-11-18-12(20-19-11)9-3-8(15)5-17-9/h2,4,8-9,16-17H,3,5-6H2,1H3,(H,18,19,20)/t8-,9+/m0/s1. The molecule has 0 aromatic carbocycles. The number of carbonyl (C=O) groups is 1. The van der Waals surface area contributed by atoms with E-state index >= 15 is 0 Å². The first-order chi connectivity index (χ1) is 10.5. The molecule has 0 saturated carbocycles. The number of halogens is 2. The van der Waals surface area contributed by atoms with Crippen LogP contribution < -0.4 is 5.32 Å². The summed E-state index contributed by atoms with van der Waals surface area (Å²) in [6.45, 7) is 0.592. The fourth-order valence-electron chi connectivity index (χ4n) is 2.42. The summed E-state index contributed by atoms with van der Waals surface area (Å²) in [6.07, 6.45) is 1.05. The molecule has 2 aromatic rings. The van der Waals surface area contributed by atoms with Gasteiger partial charge in [0.15, 0.2) is 5.82 Å². The average molecular weight is 327 g/mol. The summed E-state index contributed by atoms with van der Waals surface area (Å²) in [7, 11) is 1.66. The third kappa shape index (κ3) is 3.12. The minimum atomic E-state index is -0.867. The monoisotopic (exact) mass is 326 g/mol. The molecule has 0 unspecified atom stereocenters. The zero-order valence-corrected chi connectivity index (χ0v) is 12.7. The molecule has 1 fully saturated rings. The molecule has 2 atom stereocenters. The Balaban J connectivity index is 1.63. The summed E-state index contributed by atoms with van der Waals surface area (Å²) < 4.78 is 13.2. The number of hydrogen-bond donors (Lipinski definition) is 3. The van der Waals surface area contributed by atoms with E-state index in [9.17, 15) is 9.18 Å². The molecular weight excluding hydrogens is 311 g/mol. The molecule has 0 radical (unpaired) electrons. The van der Waals surface area contributed by atoms with Crippen LogP contribution in [-0.4, -0.2) is 50.7 Å². The molecular formula is C13H16ClFN6O. The maximum Gasteiger partial charge on any atom is 0.270 e. The number of alkyl halides is 1. The summed E-state index contributed by atoms with van der Waals surface area (Å²) in [6, 6.07) is 1.39. The van der Waals surface area contributed by atoms with Crippen LogP contribution >= 0.6 is 11.6 Å². The maximum atomic E-state index is 13.2. The van der Waals surface area contributed by atoms with Crippen molar-refractivity contribution in [3.8, 4) is 0 Å². The van der Waals surface area contributed by atoms with E-state index in [1.54, 1.807) is 19.3 Å². The van der Waals surface area contributed by atoms with Crippen molar-refractivity contribution >= 4 is 17.5 Å². The van der Waals surface area contributed by atoms with Crippen molar-refractivity contribution < 1.29 is 9.18 Å². The van der Waals surface area contributed by atoms with Gasteiger partial charge in [0.2, 0.25) is 0 Å². The lowest BCUT2D eigenvalue weighted by atomic mass is 10.2. The van der Waals surface area contributed by atoms with Crippen molar-refractivity contribution in [1.29, 1.82) is 0 Å². The zero-order valence-electron chi connectivity index (χ0n) is 11.9. The lowest BCUT2D eigenvalue weighted by molar-refractivity contribution is 0.0776. The maximum absolute atomic E-state index is 13.2. The summed E-state index contributed by atoms with van der Waals surface area (Å²) in [5.74, 6) is 0.874. The van der Waals surface area contributed by atoms with Crippen LogP contribution in [0.25, 0.3) is 0 Å². The Morgan fingerprint density at radius 1 is 1.59 bits per heavy atom. The molecule has 0 bridgehead atoms. The fraction of sp³-hybridized carbons (Fsp3) is 0.462. The van der Waals surface area contributed by atoms with Crippen LogP contribution in [-0.2, 0) is 6.54 Å². The van der Waals surface area contributed by atoms with E-state index in [1.165, 1.54) is 4.90 Å². The summed E-state index contributed by atoms with van der Waals surface area (Å²) in [4.78, 5) is 20.8. The number of nitrogens with one attached hydrogen (secondary N) is 3. The molecule has 7 nitrogen and oxygen atoms in total. The first-order valence-corrected chi connectivity index (χ1v) is 7.28. The van der Waals surface area contributed by atoms with Gasteiger partial charge in [-0.15, -0.1) is 0 Å². The molecule has 2 aromatic heterocycles. The molecule has 3 rings (SSSR count). The summed E-state index contributed by atoms with van der Waals surface area (Å²) in [5, 5.41) is 10.4. The average Bonchev–Trinajstić information content (AvgIpc) is 3.19. The van der Waals surface area contributed by atoms with Gasteiger partial charge in [0, 0.05) is 26.2 Å². The quantitative estimate of drug-likeness (QED) is 0.793. The second kappa shape index (κ2) is 6.05. The zero-order chi connectivity index (χ0) is 15.7. The number of amides is 1. The Hall–Kier alpha value is -1.93. The van der Waals surface area contributed by atoms with Crippen molar-refractivity contribution in [2.24, 2.45) is 0 Å². The predicted molar refractivity (Wildman–Crippen MR) is 78.2 cm³/mol. The van der Waals surface area contributed by atoms with Crippen molar-refractivity contribution in [2.75, 3.05) is 13.6 Å². The van der Waals surface area contributed by atoms with Gasteiger partial charge < -0.3 is 15.2 Å². The topological polar surface area (TPSA) is 89.7 Å². The van der Waals surface area contributed by atoms with Gasteiger partial charge in [0.25, 0.3) is 5.91 Å². The van der Waals surface area contributed by atoms with E-state index in [-0.39, 0.29) is 18.5 Å². The molecule has 22 heavy (non-hydrogen) atoms. The SMILES string of the molecule is CN(Cc1nc([C@H]2C[C@H](F)CN2)n[nH]1)C(=O)c1cc(Cl)c[nH]1. The first kappa shape index (κ1) is 15.0. The van der Waals surface area contributed by atoms with Crippen molar-refractivity contribution in [3.05, 3.63) is 34.6 Å². The number of H-pyrrole nitrogens is 2. The van der Waals surface area contributed by atoms with E-state index in [2.05, 4.69) is 25.5 Å². The van der Waals surface area contributed by atoms with E-state index < -0.39 is 6.17 Å². The van der Waals surface area contributed by atoms with E-state index in [4.69, 9.17) is 11.6 Å². The summed E-state index contributed by atoms with van der Waals surface area (Å²) >= 11 is 5.79. The lowest BCUT2D eigenvalue weighted by Gasteiger charge is -2.14. The van der Waals surface area contributed by atoms with E-state index in [0.29, 0.717) is 35.3 Å². The highest BCUT2D eigenvalue weighted by molar-refractivity contribution is 6.30. The second-order valence-corrected chi connectivity index (χ2v) is 5.76. The number of rotatable bonds is 4. The summed E-state index contributed by atoms with van der Waals surface area (Å²) in [5.41, 5.74) is 0.407. The highest BCUT2D eigenvalue weighted by Crippen LogP contribution is 2.22. The Morgan fingerprint density at radius 2 is 2.41 bits per heavy atom. The molecule has 1 aliphatic heterocycles. The molecule has 3 heterocycles. The fourth-order valence-corrected chi connectivity index (χ4v) is 2.58. The van der Waals surface area contributed by atoms with Gasteiger partial charge >= 0.3 is 0 Å². The van der Waals surface area contributed by atoms with Gasteiger partial charge in [-0.2, -0.15) is 5.10 Å². The minimum absolute atomic E-state index is 0.178. The van der Waals surface area contributed by atoms with Gasteiger partial charge in [-0.1, -0.05) is 11.6 Å². The number of aromatic nitrogens is 4. The van der Waals surface area contributed by atoms with Gasteiger partial charge in [0.1, 0.15) is 17.7 Å². The second-order valence-electron chi connectivity index (χ2n) is 5.33. The molecule has 0 spiro atoms. The highest BCUT2D eigenvalue weighted by atomic mass is 35.5. The van der Waals surface area contributed by atoms with Crippen molar-refractivity contribution in [3.63, 3.8) is 0 Å². The van der Waals surface area contributed by atoms with Crippen LogP contribution in [0.1, 0.15) is 34.6 Å². The number of nitrogens with zero attached hydrogens (tertiary/aromatic N) is 3. The molecule has 1 saturated heterocycles. The van der Waals surface area contributed by atoms with Gasteiger partial charge in [-0.25, -0.2) is 9.37 Å². The van der Waals surface area contributed by atoms with Gasteiger partial charge in [0.05, 0.1) is 17.6 Å². The Morgan fingerprint density at radius 3 is 3.05 bits per heavy atom. The molecule has 0 aliphatic carbocycles. The number of aromatic amines is 2. The third-order valence-electron chi connectivity index (χ3n) is 3.55. The predicted octanol–water partition coefficient (Wildman–Crippen LogP) is 1.43. The Bertz CT molecular complexity index is 671. The van der Waals surface area contributed by atoms with Crippen LogP contribution in [0.2, 0.25) is 5.02 Å². The van der Waals surface area contributed by atoms with Crippen LogP contribution in [0.5, 0.6) is 0 Å². The smallest absolute Gasteiger partial charge is 0.270 e. The van der Waals surface area contributed by atoms with E-state index in [1.807, 2.05) is 0 Å². The largest absolute Gasteiger partial charge is 0.356 e. The highest BCUT2D eigenvalue weighted by Gasteiger charge is 2.28. The molecule has 3 N–H and O–H groups in total. The normalized spacial score (nSPS) is 21.2. The number of hydrogen-bond acceptors (Lipinski definition) is 4. The third-order valence-corrected chi connectivity index (χ3v) is 3.77. The molecule has 9 heteroatoms. The van der Waals surface area contributed by atoms with Gasteiger partial charge in [-0.3, -0.25) is 9.89 Å². The van der Waals surface area contributed by atoms with Crippen LogP contribution in [0.4, 0.5) is 4.39 Å². The minimum Gasteiger partial charge on any atom is -0.356 e. The van der Waals surface area contributed by atoms with E-state index in [0.717, 1.165) is 0 Å². The molecule has 118 valence electrons. The van der Waals surface area contributed by atoms with Crippen molar-refractivity contribution in [2.45, 2.75) is 25.2 Å². The first-order valence-electron chi connectivity index (χ1n) is 6.91.